The van der Waals surface area contributed by atoms with E-state index in [1.807, 2.05) is 24.3 Å². The van der Waals surface area contributed by atoms with Gasteiger partial charge in [0.05, 0.1) is 26.0 Å². The van der Waals surface area contributed by atoms with Crippen LogP contribution in [-0.2, 0) is 6.54 Å². The van der Waals surface area contributed by atoms with Gasteiger partial charge in [-0.1, -0.05) is 18.3 Å². The molecule has 0 atom stereocenters. The number of rotatable bonds is 4. The van der Waals surface area contributed by atoms with Crippen molar-refractivity contribution in [1.29, 1.82) is 0 Å². The Bertz CT molecular complexity index is 924. The highest BCUT2D eigenvalue weighted by molar-refractivity contribution is 9.11. The van der Waals surface area contributed by atoms with E-state index in [0.717, 1.165) is 37.5 Å². The third-order valence-electron chi connectivity index (χ3n) is 3.32. The Balaban J connectivity index is 2.13. The number of halogens is 1. The third-order valence-corrected chi connectivity index (χ3v) is 5.99. The molecule has 0 saturated carbocycles. The van der Waals surface area contributed by atoms with Crippen LogP contribution in [0.15, 0.2) is 39.1 Å². The normalized spacial score (nSPS) is 12.0. The van der Waals surface area contributed by atoms with E-state index in [-0.39, 0.29) is 5.91 Å². The molecule has 4 nitrogen and oxygen atoms in total. The molecular formula is C16H15BrN2O2S2. The molecule has 0 aliphatic heterocycles. The fourth-order valence-electron chi connectivity index (χ4n) is 2.27. The molecule has 0 fully saturated rings. The minimum atomic E-state index is -0.205. The van der Waals surface area contributed by atoms with Crippen LogP contribution < -0.4 is 9.54 Å². The number of aromatic nitrogens is 1. The monoisotopic (exact) mass is 410 g/mol. The lowest BCUT2D eigenvalue weighted by Crippen LogP contribution is -2.16. The smallest absolute Gasteiger partial charge is 0.289 e. The number of aryl methyl sites for hydroxylation is 1. The number of nitrogens with zero attached hydrogens (tertiary/aromatic N) is 2. The molecule has 3 aromatic rings. The number of hydrogen-bond acceptors (Lipinski definition) is 4. The fraction of sp³-hybridized carbons (Fsp3) is 0.250. The summed E-state index contributed by atoms with van der Waals surface area (Å²) in [4.78, 5) is 18.1. The topological polar surface area (TPSA) is 43.6 Å². The average Bonchev–Trinajstić information content (AvgIpc) is 3.12. The Kier molecular flexibility index (Phi) is 4.99. The minimum Gasteiger partial charge on any atom is -0.497 e. The standard InChI is InChI=1S/C16H15BrN2O2S2/c1-3-8-19-11-9-10(21-2)4-5-12(11)23-16(19)18-15(20)13-6-7-14(17)22-13/h4-7,9H,3,8H2,1-2H3. The maximum atomic E-state index is 12.4. The van der Waals surface area contributed by atoms with Crippen molar-refractivity contribution in [2.45, 2.75) is 19.9 Å². The molecule has 120 valence electrons. The number of methoxy groups -OCH3 is 1. The lowest BCUT2D eigenvalue weighted by Gasteiger charge is -2.04. The highest BCUT2D eigenvalue weighted by Crippen LogP contribution is 2.24. The van der Waals surface area contributed by atoms with Crippen LogP contribution in [0.1, 0.15) is 23.0 Å². The van der Waals surface area contributed by atoms with Gasteiger partial charge in [0.25, 0.3) is 5.91 Å². The first-order chi connectivity index (χ1) is 11.1. The van der Waals surface area contributed by atoms with Crippen molar-refractivity contribution in [2.75, 3.05) is 7.11 Å². The van der Waals surface area contributed by atoms with E-state index in [2.05, 4.69) is 32.4 Å². The van der Waals surface area contributed by atoms with E-state index in [9.17, 15) is 4.79 Å². The lowest BCUT2D eigenvalue weighted by molar-refractivity contribution is 0.100. The molecule has 1 aromatic carbocycles. The van der Waals surface area contributed by atoms with Crippen molar-refractivity contribution >= 4 is 54.7 Å². The van der Waals surface area contributed by atoms with Gasteiger partial charge in [-0.2, -0.15) is 4.99 Å². The van der Waals surface area contributed by atoms with Crippen LogP contribution in [0.5, 0.6) is 5.75 Å². The number of carbonyl (C=O) groups excluding carboxylic acids is 1. The molecule has 0 unspecified atom stereocenters. The van der Waals surface area contributed by atoms with Crippen molar-refractivity contribution in [3.05, 3.63) is 43.8 Å². The molecule has 0 N–H and O–H groups in total. The number of fused-ring (bicyclic) bond motifs is 1. The number of ether oxygens (including phenoxy) is 1. The maximum absolute atomic E-state index is 12.4. The molecule has 1 amide bonds. The second-order valence-electron chi connectivity index (χ2n) is 4.89. The van der Waals surface area contributed by atoms with Crippen LogP contribution in [0.4, 0.5) is 0 Å². The summed E-state index contributed by atoms with van der Waals surface area (Å²) < 4.78 is 9.42. The molecule has 3 rings (SSSR count). The van der Waals surface area contributed by atoms with Crippen molar-refractivity contribution in [3.63, 3.8) is 0 Å². The van der Waals surface area contributed by atoms with Crippen LogP contribution >= 0.6 is 38.6 Å². The molecular weight excluding hydrogens is 396 g/mol. The number of thiazole rings is 1. The second kappa shape index (κ2) is 6.98. The van der Waals surface area contributed by atoms with Crippen LogP contribution in [0.2, 0.25) is 0 Å². The highest BCUT2D eigenvalue weighted by atomic mass is 79.9. The van der Waals surface area contributed by atoms with Gasteiger partial charge in [-0.3, -0.25) is 4.79 Å². The number of hydrogen-bond donors (Lipinski definition) is 0. The van der Waals surface area contributed by atoms with Gasteiger partial charge >= 0.3 is 0 Å². The zero-order chi connectivity index (χ0) is 16.4. The second-order valence-corrected chi connectivity index (χ2v) is 8.36. The molecule has 7 heteroatoms. The molecule has 2 aromatic heterocycles. The summed E-state index contributed by atoms with van der Waals surface area (Å²) in [5.74, 6) is 0.601. The summed E-state index contributed by atoms with van der Waals surface area (Å²) in [5, 5.41) is 0. The molecule has 0 saturated heterocycles. The van der Waals surface area contributed by atoms with Crippen LogP contribution in [-0.4, -0.2) is 17.6 Å². The number of carbonyl (C=O) groups is 1. The Labute approximate surface area is 150 Å². The van der Waals surface area contributed by atoms with E-state index in [4.69, 9.17) is 4.74 Å². The van der Waals surface area contributed by atoms with Gasteiger partial charge < -0.3 is 9.30 Å². The quantitative estimate of drug-likeness (QED) is 0.626. The van der Waals surface area contributed by atoms with Gasteiger partial charge in [-0.25, -0.2) is 0 Å². The SMILES string of the molecule is CCCn1c(=NC(=O)c2ccc(Br)s2)sc2ccc(OC)cc21. The van der Waals surface area contributed by atoms with Crippen molar-refractivity contribution in [3.8, 4) is 5.75 Å². The van der Waals surface area contributed by atoms with E-state index in [1.165, 1.54) is 22.7 Å². The van der Waals surface area contributed by atoms with Crippen LogP contribution in [0.3, 0.4) is 0 Å². The average molecular weight is 411 g/mol. The summed E-state index contributed by atoms with van der Waals surface area (Å²) in [6.07, 6.45) is 0.967. The van der Waals surface area contributed by atoms with E-state index < -0.39 is 0 Å². The van der Waals surface area contributed by atoms with E-state index in [0.29, 0.717) is 4.88 Å². The number of amides is 1. The van der Waals surface area contributed by atoms with Gasteiger partial charge in [-0.05, 0) is 46.6 Å². The van der Waals surface area contributed by atoms with E-state index >= 15 is 0 Å². The first-order valence-corrected chi connectivity index (χ1v) is 9.56. The summed E-state index contributed by atoms with van der Waals surface area (Å²) in [5.41, 5.74) is 1.05. The summed E-state index contributed by atoms with van der Waals surface area (Å²) in [7, 11) is 1.65. The summed E-state index contributed by atoms with van der Waals surface area (Å²) >= 11 is 6.30. The van der Waals surface area contributed by atoms with Gasteiger partial charge in [0.15, 0.2) is 4.80 Å². The van der Waals surface area contributed by atoms with Crippen molar-refractivity contribution < 1.29 is 9.53 Å². The Morgan fingerprint density at radius 2 is 2.13 bits per heavy atom. The molecule has 2 heterocycles. The number of benzene rings is 1. The molecule has 0 radical (unpaired) electrons. The van der Waals surface area contributed by atoms with Crippen LogP contribution in [0.25, 0.3) is 10.2 Å². The van der Waals surface area contributed by atoms with Gasteiger partial charge in [-0.15, -0.1) is 11.3 Å². The highest BCUT2D eigenvalue weighted by Gasteiger charge is 2.11. The summed E-state index contributed by atoms with van der Waals surface area (Å²) in [6, 6.07) is 9.59. The van der Waals surface area contributed by atoms with Gasteiger partial charge in [0, 0.05) is 12.6 Å². The Hall–Kier alpha value is -1.44. The third kappa shape index (κ3) is 3.41. The molecule has 0 aliphatic carbocycles. The van der Waals surface area contributed by atoms with E-state index in [1.54, 1.807) is 13.2 Å². The van der Waals surface area contributed by atoms with Crippen molar-refractivity contribution in [1.82, 2.24) is 4.57 Å². The molecule has 23 heavy (non-hydrogen) atoms. The van der Waals surface area contributed by atoms with Crippen molar-refractivity contribution in [2.24, 2.45) is 4.99 Å². The van der Waals surface area contributed by atoms with Gasteiger partial charge in [0.1, 0.15) is 5.75 Å². The largest absolute Gasteiger partial charge is 0.497 e. The Morgan fingerprint density at radius 1 is 1.30 bits per heavy atom. The first-order valence-electron chi connectivity index (χ1n) is 7.14. The number of thiophene rings is 1. The van der Waals surface area contributed by atoms with Crippen LogP contribution in [0, 0.1) is 0 Å². The zero-order valence-electron chi connectivity index (χ0n) is 12.7. The molecule has 0 aliphatic rings. The fourth-order valence-corrected chi connectivity index (χ4v) is 4.58. The predicted molar refractivity (Wildman–Crippen MR) is 98.6 cm³/mol. The molecule has 0 bridgehead atoms. The maximum Gasteiger partial charge on any atom is 0.289 e. The van der Waals surface area contributed by atoms with Gasteiger partial charge in [0.2, 0.25) is 0 Å². The first kappa shape index (κ1) is 16.4. The zero-order valence-corrected chi connectivity index (χ0v) is 15.9. The predicted octanol–water partition coefficient (Wildman–Crippen LogP) is 4.69. The minimum absolute atomic E-state index is 0.205. The Morgan fingerprint density at radius 3 is 2.78 bits per heavy atom. The summed E-state index contributed by atoms with van der Waals surface area (Å²) in [6.45, 7) is 2.92. The lowest BCUT2D eigenvalue weighted by atomic mass is 10.3. The molecule has 0 spiro atoms.